The highest BCUT2D eigenvalue weighted by Crippen LogP contribution is 2.23. The molecule has 0 bridgehead atoms. The SMILES string of the molecule is C/C(=N\NC(=N)N)c1cn(C(=O)Oc2ccccc2)c2ccccc12. The fourth-order valence-electron chi connectivity index (χ4n) is 2.46. The maximum absolute atomic E-state index is 12.6. The smallest absolute Gasteiger partial charge is 0.410 e. The maximum atomic E-state index is 12.6. The Balaban J connectivity index is 2.00. The van der Waals surface area contributed by atoms with Gasteiger partial charge in [0.2, 0.25) is 5.96 Å². The molecule has 0 amide bonds. The third kappa shape index (κ3) is 3.50. The molecule has 0 unspecified atom stereocenters. The summed E-state index contributed by atoms with van der Waals surface area (Å²) in [5, 5.41) is 12.1. The van der Waals surface area contributed by atoms with Crippen LogP contribution in [-0.2, 0) is 0 Å². The molecule has 7 nitrogen and oxygen atoms in total. The van der Waals surface area contributed by atoms with Crippen molar-refractivity contribution in [1.82, 2.24) is 9.99 Å². The second kappa shape index (κ2) is 6.88. The van der Waals surface area contributed by atoms with Gasteiger partial charge in [-0.3, -0.25) is 9.98 Å². The van der Waals surface area contributed by atoms with Crippen LogP contribution < -0.4 is 15.9 Å². The zero-order valence-corrected chi connectivity index (χ0v) is 13.6. The van der Waals surface area contributed by atoms with Gasteiger partial charge in [0.15, 0.2) is 0 Å². The van der Waals surface area contributed by atoms with Crippen LogP contribution in [0.15, 0.2) is 65.9 Å². The van der Waals surface area contributed by atoms with E-state index in [0.29, 0.717) is 17.0 Å². The quantitative estimate of drug-likeness (QED) is 0.389. The molecule has 0 saturated heterocycles. The Morgan fingerprint density at radius 2 is 1.84 bits per heavy atom. The maximum Gasteiger partial charge on any atom is 0.423 e. The first-order valence-corrected chi connectivity index (χ1v) is 7.58. The van der Waals surface area contributed by atoms with Gasteiger partial charge in [-0.1, -0.05) is 36.4 Å². The topological polar surface area (TPSA) is 105 Å². The first-order valence-electron chi connectivity index (χ1n) is 7.58. The van der Waals surface area contributed by atoms with Crippen molar-refractivity contribution in [3.8, 4) is 5.75 Å². The van der Waals surface area contributed by atoms with E-state index in [-0.39, 0.29) is 5.96 Å². The van der Waals surface area contributed by atoms with Crippen LogP contribution in [0.25, 0.3) is 10.9 Å². The highest BCUT2D eigenvalue weighted by Gasteiger charge is 2.16. The Morgan fingerprint density at radius 1 is 1.16 bits per heavy atom. The molecule has 1 aromatic heterocycles. The van der Waals surface area contributed by atoms with Crippen molar-refractivity contribution in [2.24, 2.45) is 10.8 Å². The summed E-state index contributed by atoms with van der Waals surface area (Å²) in [6.07, 6.45) is 1.15. The van der Waals surface area contributed by atoms with E-state index in [1.165, 1.54) is 4.57 Å². The molecule has 0 atom stereocenters. The Bertz CT molecular complexity index is 960. The molecule has 1 heterocycles. The molecule has 4 N–H and O–H groups in total. The van der Waals surface area contributed by atoms with Crippen molar-refractivity contribution in [3.05, 3.63) is 66.4 Å². The van der Waals surface area contributed by atoms with Crippen molar-refractivity contribution in [3.63, 3.8) is 0 Å². The number of ether oxygens (including phenoxy) is 1. The Morgan fingerprint density at radius 3 is 2.56 bits per heavy atom. The highest BCUT2D eigenvalue weighted by molar-refractivity contribution is 6.11. The van der Waals surface area contributed by atoms with Crippen molar-refractivity contribution in [2.75, 3.05) is 0 Å². The van der Waals surface area contributed by atoms with Crippen LogP contribution in [0.3, 0.4) is 0 Å². The van der Waals surface area contributed by atoms with Gasteiger partial charge in [-0.05, 0) is 25.1 Å². The molecule has 126 valence electrons. The zero-order chi connectivity index (χ0) is 17.8. The molecule has 25 heavy (non-hydrogen) atoms. The Hall–Kier alpha value is -3.61. The summed E-state index contributed by atoms with van der Waals surface area (Å²) in [7, 11) is 0. The van der Waals surface area contributed by atoms with Crippen LogP contribution in [0.1, 0.15) is 12.5 Å². The lowest BCUT2D eigenvalue weighted by molar-refractivity contribution is 0.203. The summed E-state index contributed by atoms with van der Waals surface area (Å²) in [5.41, 5.74) is 9.71. The first-order chi connectivity index (χ1) is 12.1. The van der Waals surface area contributed by atoms with Gasteiger partial charge in [-0.25, -0.2) is 10.2 Å². The van der Waals surface area contributed by atoms with Gasteiger partial charge < -0.3 is 10.5 Å². The van der Waals surface area contributed by atoms with Crippen molar-refractivity contribution in [1.29, 1.82) is 5.41 Å². The number of nitrogens with two attached hydrogens (primary N) is 1. The minimum Gasteiger partial charge on any atom is -0.410 e. The number of benzene rings is 2. The Kier molecular flexibility index (Phi) is 4.47. The third-order valence-corrected chi connectivity index (χ3v) is 3.59. The predicted octanol–water partition coefficient (Wildman–Crippen LogP) is 2.90. The van der Waals surface area contributed by atoms with Gasteiger partial charge in [-0.2, -0.15) is 5.10 Å². The molecule has 0 fully saturated rings. The van der Waals surface area contributed by atoms with Crippen molar-refractivity contribution < 1.29 is 9.53 Å². The van der Waals surface area contributed by atoms with Crippen molar-refractivity contribution in [2.45, 2.75) is 6.92 Å². The van der Waals surface area contributed by atoms with E-state index in [4.69, 9.17) is 15.9 Å². The van der Waals surface area contributed by atoms with Crippen LogP contribution in [-0.4, -0.2) is 22.3 Å². The first kappa shape index (κ1) is 16.3. The number of aromatic nitrogens is 1. The van der Waals surface area contributed by atoms with Gasteiger partial charge >= 0.3 is 6.09 Å². The Labute approximate surface area is 144 Å². The second-order valence-electron chi connectivity index (χ2n) is 5.33. The van der Waals surface area contributed by atoms with Gasteiger partial charge in [0, 0.05) is 17.1 Å². The third-order valence-electron chi connectivity index (χ3n) is 3.59. The molecule has 0 spiro atoms. The number of para-hydroxylation sites is 2. The van der Waals surface area contributed by atoms with Crippen LogP contribution in [0, 0.1) is 5.41 Å². The summed E-state index contributed by atoms with van der Waals surface area (Å²) in [6.45, 7) is 1.77. The van der Waals surface area contributed by atoms with Crippen LogP contribution in [0.5, 0.6) is 5.75 Å². The van der Waals surface area contributed by atoms with Crippen LogP contribution in [0.4, 0.5) is 4.79 Å². The number of hydrazone groups is 1. The van der Waals surface area contributed by atoms with E-state index >= 15 is 0 Å². The van der Waals surface area contributed by atoms with Crippen LogP contribution >= 0.6 is 0 Å². The molecule has 7 heteroatoms. The zero-order valence-electron chi connectivity index (χ0n) is 13.6. The normalized spacial score (nSPS) is 11.3. The summed E-state index contributed by atoms with van der Waals surface area (Å²) in [4.78, 5) is 12.6. The molecule has 3 aromatic rings. The van der Waals surface area contributed by atoms with E-state index in [9.17, 15) is 4.79 Å². The minimum absolute atomic E-state index is 0.258. The van der Waals surface area contributed by atoms with Gasteiger partial charge in [0.05, 0.1) is 11.2 Å². The molecular formula is C18H17N5O2. The molecule has 0 aliphatic carbocycles. The van der Waals surface area contributed by atoms with E-state index in [2.05, 4.69) is 10.5 Å². The average molecular weight is 335 g/mol. The summed E-state index contributed by atoms with van der Waals surface area (Å²) < 4.78 is 6.85. The lowest BCUT2D eigenvalue weighted by Gasteiger charge is -2.05. The molecule has 0 aliphatic rings. The largest absolute Gasteiger partial charge is 0.423 e. The summed E-state index contributed by atoms with van der Waals surface area (Å²) in [6, 6.07) is 16.3. The number of nitrogens with zero attached hydrogens (tertiary/aromatic N) is 2. The minimum atomic E-state index is -0.513. The van der Waals surface area contributed by atoms with Crippen LogP contribution in [0.2, 0.25) is 0 Å². The number of fused-ring (bicyclic) bond motifs is 1. The second-order valence-corrected chi connectivity index (χ2v) is 5.33. The molecule has 0 saturated carbocycles. The molecule has 0 radical (unpaired) electrons. The number of rotatable bonds is 3. The predicted molar refractivity (Wildman–Crippen MR) is 97.1 cm³/mol. The lowest BCUT2D eigenvalue weighted by atomic mass is 10.1. The number of guanidine groups is 1. The molecule has 3 rings (SSSR count). The van der Waals surface area contributed by atoms with E-state index in [0.717, 1.165) is 10.9 Å². The molecule has 0 aliphatic heterocycles. The molecular weight excluding hydrogens is 318 g/mol. The van der Waals surface area contributed by atoms with E-state index < -0.39 is 6.09 Å². The number of hydrogen-bond donors (Lipinski definition) is 3. The number of nitrogens with one attached hydrogen (secondary N) is 2. The summed E-state index contributed by atoms with van der Waals surface area (Å²) in [5.74, 6) is 0.210. The van der Waals surface area contributed by atoms with Gasteiger partial charge in [0.1, 0.15) is 5.75 Å². The lowest BCUT2D eigenvalue weighted by Crippen LogP contribution is -2.26. The standard InChI is InChI=1S/C18H17N5O2/c1-12(21-22-17(19)20)15-11-23(16-10-6-5-9-14(15)16)18(24)25-13-7-3-2-4-8-13/h2-11H,1H3,(H4,19,20,22)/b21-12+. The fraction of sp³-hybridized carbons (Fsp3) is 0.0556. The number of hydrogen-bond acceptors (Lipinski definition) is 4. The number of carbonyl (C=O) groups excluding carboxylic acids is 1. The van der Waals surface area contributed by atoms with E-state index in [1.807, 2.05) is 30.3 Å². The fourth-order valence-corrected chi connectivity index (χ4v) is 2.46. The van der Waals surface area contributed by atoms with Crippen molar-refractivity contribution >= 4 is 28.7 Å². The number of carbonyl (C=O) groups is 1. The van der Waals surface area contributed by atoms with E-state index in [1.54, 1.807) is 37.4 Å². The van der Waals surface area contributed by atoms with Gasteiger partial charge in [-0.15, -0.1) is 0 Å². The monoisotopic (exact) mass is 335 g/mol. The summed E-state index contributed by atoms with van der Waals surface area (Å²) >= 11 is 0. The van der Waals surface area contributed by atoms with Gasteiger partial charge in [0.25, 0.3) is 0 Å². The average Bonchev–Trinajstić information content (AvgIpc) is 3.00. The highest BCUT2D eigenvalue weighted by atomic mass is 16.6. The molecule has 2 aromatic carbocycles.